The summed E-state index contributed by atoms with van der Waals surface area (Å²) in [5, 5.41) is 5.14. The van der Waals surface area contributed by atoms with E-state index in [-0.39, 0.29) is 17.9 Å². The van der Waals surface area contributed by atoms with Gasteiger partial charge >= 0.3 is 0 Å². The summed E-state index contributed by atoms with van der Waals surface area (Å²) in [6.45, 7) is 3.95. The lowest BCUT2D eigenvalue weighted by molar-refractivity contribution is -0.119. The Bertz CT molecular complexity index is 475. The Morgan fingerprint density at radius 1 is 1.63 bits per heavy atom. The third-order valence-electron chi connectivity index (χ3n) is 2.94. The zero-order chi connectivity index (χ0) is 13.8. The Kier molecular flexibility index (Phi) is 4.46. The van der Waals surface area contributed by atoms with Crippen molar-refractivity contribution in [2.45, 2.75) is 25.9 Å². The highest BCUT2D eigenvalue weighted by molar-refractivity contribution is 7.11. The number of rotatable bonds is 4. The van der Waals surface area contributed by atoms with Gasteiger partial charge in [-0.2, -0.15) is 0 Å². The maximum Gasteiger partial charge on any atom is 0.294 e. The molecule has 1 aromatic heterocycles. The van der Waals surface area contributed by atoms with Crippen LogP contribution >= 0.6 is 11.3 Å². The molecule has 2 amide bonds. The Hall–Kier alpha value is -1.51. The first kappa shape index (κ1) is 13.9. The van der Waals surface area contributed by atoms with Gasteiger partial charge in [-0.05, 0) is 6.42 Å². The van der Waals surface area contributed by atoms with Crippen LogP contribution in [-0.4, -0.2) is 40.8 Å². The van der Waals surface area contributed by atoms with E-state index in [4.69, 9.17) is 5.84 Å². The predicted molar refractivity (Wildman–Crippen MR) is 71.3 cm³/mol. The molecule has 104 valence electrons. The van der Waals surface area contributed by atoms with E-state index in [0.717, 1.165) is 25.2 Å². The number of carbonyl (C=O) groups is 2. The number of nitrogens with two attached hydrogens (primary N) is 1. The van der Waals surface area contributed by atoms with E-state index >= 15 is 0 Å². The number of hydrogen-bond donors (Lipinski definition) is 3. The molecule has 2 heterocycles. The number of nitrogens with one attached hydrogen (secondary N) is 2. The van der Waals surface area contributed by atoms with Crippen molar-refractivity contribution in [1.29, 1.82) is 0 Å². The van der Waals surface area contributed by atoms with Crippen molar-refractivity contribution >= 4 is 23.2 Å². The van der Waals surface area contributed by atoms with Crippen molar-refractivity contribution in [2.24, 2.45) is 5.84 Å². The monoisotopic (exact) mass is 283 g/mol. The number of carbonyl (C=O) groups excluding carboxylic acids is 2. The first-order valence-electron chi connectivity index (χ1n) is 6.03. The molecule has 8 heteroatoms. The summed E-state index contributed by atoms with van der Waals surface area (Å²) in [7, 11) is 0. The van der Waals surface area contributed by atoms with Gasteiger partial charge in [0.1, 0.15) is 0 Å². The molecule has 1 fully saturated rings. The SMILES string of the molecule is CC(=O)NC1CCN(Cc2csc(C(=O)NN)n2)C1. The van der Waals surface area contributed by atoms with Gasteiger partial charge in [0.15, 0.2) is 5.01 Å². The van der Waals surface area contributed by atoms with E-state index in [1.165, 1.54) is 18.3 Å². The summed E-state index contributed by atoms with van der Waals surface area (Å²) in [5.74, 6) is 4.69. The second-order valence-electron chi connectivity index (χ2n) is 4.54. The molecule has 1 aliphatic rings. The summed E-state index contributed by atoms with van der Waals surface area (Å²) in [6, 6.07) is 0.211. The second kappa shape index (κ2) is 6.09. The van der Waals surface area contributed by atoms with Crippen molar-refractivity contribution in [2.75, 3.05) is 13.1 Å². The fourth-order valence-electron chi connectivity index (χ4n) is 2.16. The summed E-state index contributed by atoms with van der Waals surface area (Å²) < 4.78 is 0. The second-order valence-corrected chi connectivity index (χ2v) is 5.40. The van der Waals surface area contributed by atoms with Crippen LogP contribution in [0.15, 0.2) is 5.38 Å². The van der Waals surface area contributed by atoms with Crippen molar-refractivity contribution < 1.29 is 9.59 Å². The maximum absolute atomic E-state index is 11.3. The van der Waals surface area contributed by atoms with Gasteiger partial charge in [-0.1, -0.05) is 0 Å². The van der Waals surface area contributed by atoms with Crippen LogP contribution in [0.5, 0.6) is 0 Å². The molecule has 1 unspecified atom stereocenters. The number of nitrogens with zero attached hydrogens (tertiary/aromatic N) is 2. The quantitative estimate of drug-likeness (QED) is 0.391. The van der Waals surface area contributed by atoms with Gasteiger partial charge in [-0.3, -0.25) is 19.9 Å². The average molecular weight is 283 g/mol. The minimum absolute atomic E-state index is 0.00223. The topological polar surface area (TPSA) is 100 Å². The molecule has 4 N–H and O–H groups in total. The molecular weight excluding hydrogens is 266 g/mol. The summed E-state index contributed by atoms with van der Waals surface area (Å²) in [4.78, 5) is 28.7. The van der Waals surface area contributed by atoms with E-state index in [0.29, 0.717) is 11.6 Å². The molecule has 1 saturated heterocycles. The molecule has 7 nitrogen and oxygen atoms in total. The Labute approximate surface area is 115 Å². The zero-order valence-corrected chi connectivity index (χ0v) is 11.5. The smallest absolute Gasteiger partial charge is 0.294 e. The zero-order valence-electron chi connectivity index (χ0n) is 10.7. The average Bonchev–Trinajstić information content (AvgIpc) is 2.98. The Morgan fingerprint density at radius 2 is 2.42 bits per heavy atom. The molecule has 1 aromatic rings. The first-order chi connectivity index (χ1) is 9.08. The molecular formula is C11H17N5O2S. The molecule has 0 radical (unpaired) electrons. The maximum atomic E-state index is 11.3. The standard InChI is InChI=1S/C11H17N5O2S/c1-7(17)13-8-2-3-16(4-8)5-9-6-19-11(14-9)10(18)15-12/h6,8H,2-5,12H2,1H3,(H,13,17)(H,15,18). The summed E-state index contributed by atoms with van der Waals surface area (Å²) in [6.07, 6.45) is 0.944. The molecule has 1 aliphatic heterocycles. The van der Waals surface area contributed by atoms with Crippen LogP contribution in [0.2, 0.25) is 0 Å². The molecule has 19 heavy (non-hydrogen) atoms. The molecule has 0 saturated carbocycles. The van der Waals surface area contributed by atoms with E-state index in [1.807, 2.05) is 5.38 Å². The lowest BCUT2D eigenvalue weighted by atomic mass is 10.2. The van der Waals surface area contributed by atoms with Gasteiger partial charge in [0.05, 0.1) is 5.69 Å². The van der Waals surface area contributed by atoms with E-state index in [1.54, 1.807) is 0 Å². The van der Waals surface area contributed by atoms with Gasteiger partial charge in [0.2, 0.25) is 5.91 Å². The number of likely N-dealkylation sites (tertiary alicyclic amines) is 1. The lowest BCUT2D eigenvalue weighted by Gasteiger charge is -2.14. The largest absolute Gasteiger partial charge is 0.352 e. The third-order valence-corrected chi connectivity index (χ3v) is 3.83. The number of thiazole rings is 1. The lowest BCUT2D eigenvalue weighted by Crippen LogP contribution is -2.35. The molecule has 0 aromatic carbocycles. The predicted octanol–water partition coefficient (Wildman–Crippen LogP) is -0.543. The van der Waals surface area contributed by atoms with E-state index in [2.05, 4.69) is 20.6 Å². The summed E-state index contributed by atoms with van der Waals surface area (Å²) >= 11 is 1.28. The van der Waals surface area contributed by atoms with E-state index < -0.39 is 0 Å². The van der Waals surface area contributed by atoms with Crippen LogP contribution in [0.4, 0.5) is 0 Å². The Morgan fingerprint density at radius 3 is 3.11 bits per heavy atom. The van der Waals surface area contributed by atoms with Crippen molar-refractivity contribution in [3.05, 3.63) is 16.1 Å². The van der Waals surface area contributed by atoms with Crippen LogP contribution in [-0.2, 0) is 11.3 Å². The highest BCUT2D eigenvalue weighted by atomic mass is 32.1. The minimum atomic E-state index is -0.367. The van der Waals surface area contributed by atoms with Crippen molar-refractivity contribution in [3.8, 4) is 0 Å². The number of hydrazine groups is 1. The van der Waals surface area contributed by atoms with Gasteiger partial charge in [0.25, 0.3) is 5.91 Å². The van der Waals surface area contributed by atoms with Gasteiger partial charge in [0, 0.05) is 38.0 Å². The number of hydrogen-bond acceptors (Lipinski definition) is 6. The normalized spacial score (nSPS) is 19.4. The Balaban J connectivity index is 1.87. The number of amides is 2. The van der Waals surface area contributed by atoms with Crippen LogP contribution in [0.1, 0.15) is 28.8 Å². The number of nitrogen functional groups attached to an aromatic ring is 1. The first-order valence-corrected chi connectivity index (χ1v) is 6.91. The van der Waals surface area contributed by atoms with Gasteiger partial charge in [-0.15, -0.1) is 11.3 Å². The fourth-order valence-corrected chi connectivity index (χ4v) is 2.87. The van der Waals surface area contributed by atoms with Crippen molar-refractivity contribution in [1.82, 2.24) is 20.6 Å². The third kappa shape index (κ3) is 3.72. The fraction of sp³-hybridized carbons (Fsp3) is 0.545. The molecule has 0 bridgehead atoms. The summed E-state index contributed by atoms with van der Waals surface area (Å²) in [5.41, 5.74) is 2.92. The highest BCUT2D eigenvalue weighted by Crippen LogP contribution is 2.16. The minimum Gasteiger partial charge on any atom is -0.352 e. The molecule has 1 atom stereocenters. The van der Waals surface area contributed by atoms with Gasteiger partial charge in [-0.25, -0.2) is 10.8 Å². The van der Waals surface area contributed by atoms with Crippen LogP contribution in [0.25, 0.3) is 0 Å². The number of aromatic nitrogens is 1. The highest BCUT2D eigenvalue weighted by Gasteiger charge is 2.23. The van der Waals surface area contributed by atoms with Crippen molar-refractivity contribution in [3.63, 3.8) is 0 Å². The molecule has 2 rings (SSSR count). The molecule has 0 aliphatic carbocycles. The van der Waals surface area contributed by atoms with Crippen LogP contribution < -0.4 is 16.6 Å². The van der Waals surface area contributed by atoms with Crippen LogP contribution in [0.3, 0.4) is 0 Å². The van der Waals surface area contributed by atoms with Gasteiger partial charge < -0.3 is 5.32 Å². The van der Waals surface area contributed by atoms with E-state index in [9.17, 15) is 9.59 Å². The molecule has 0 spiro atoms. The van der Waals surface area contributed by atoms with Crippen LogP contribution in [0, 0.1) is 0 Å².